The van der Waals surface area contributed by atoms with Crippen LogP contribution in [-0.4, -0.2) is 17.1 Å². The van der Waals surface area contributed by atoms with Crippen molar-refractivity contribution in [2.24, 2.45) is 5.73 Å². The van der Waals surface area contributed by atoms with E-state index in [0.717, 1.165) is 53.1 Å². The van der Waals surface area contributed by atoms with Gasteiger partial charge in [-0.2, -0.15) is 0 Å². The van der Waals surface area contributed by atoms with Crippen LogP contribution in [0.5, 0.6) is 5.75 Å². The number of hydrogen-bond acceptors (Lipinski definition) is 3. The monoisotopic (exact) mass is 438 g/mol. The van der Waals surface area contributed by atoms with E-state index in [1.165, 1.54) is 5.56 Å². The number of halogens is 1. The molecular weight excluding hydrogens is 412 g/mol. The van der Waals surface area contributed by atoms with Gasteiger partial charge in [-0.15, -0.1) is 0 Å². The smallest absolute Gasteiger partial charge is 0.134 e. The summed E-state index contributed by atoms with van der Waals surface area (Å²) in [4.78, 5) is 4.20. The van der Waals surface area contributed by atoms with Crippen LogP contribution in [0.1, 0.15) is 44.6 Å². The number of hydrogen-bond donors (Lipinski definition) is 1. The number of pyridine rings is 1. The maximum atomic E-state index is 6.64. The van der Waals surface area contributed by atoms with Crippen LogP contribution in [-0.2, 0) is 5.41 Å². The predicted molar refractivity (Wildman–Crippen MR) is 119 cm³/mol. The Hall–Kier alpha value is -1.91. The molecule has 3 aromatic rings. The van der Waals surface area contributed by atoms with Gasteiger partial charge in [-0.3, -0.25) is 4.98 Å². The van der Waals surface area contributed by atoms with Gasteiger partial charge in [-0.1, -0.05) is 37.3 Å². The highest BCUT2D eigenvalue weighted by atomic mass is 79.9. The Morgan fingerprint density at radius 1 is 1.14 bits per heavy atom. The zero-order valence-corrected chi connectivity index (χ0v) is 17.9. The van der Waals surface area contributed by atoms with E-state index in [1.807, 2.05) is 18.5 Å². The molecule has 0 saturated heterocycles. The highest BCUT2D eigenvalue weighted by Gasteiger charge is 2.41. The molecule has 4 heteroatoms. The SMILES string of the molecule is CC[C@H](N)[C@]1(c2ccccc2)CC[C@H](Oc2cc3ccncc3cc2Br)CC1. The lowest BCUT2D eigenvalue weighted by molar-refractivity contribution is 0.103. The van der Waals surface area contributed by atoms with Crippen LogP contribution < -0.4 is 10.5 Å². The highest BCUT2D eigenvalue weighted by Crippen LogP contribution is 2.44. The zero-order valence-electron chi connectivity index (χ0n) is 16.3. The van der Waals surface area contributed by atoms with Crippen LogP contribution in [0.25, 0.3) is 10.8 Å². The van der Waals surface area contributed by atoms with Gasteiger partial charge in [0.1, 0.15) is 5.75 Å². The fourth-order valence-electron chi connectivity index (χ4n) is 4.62. The van der Waals surface area contributed by atoms with Crippen LogP contribution in [0, 0.1) is 0 Å². The molecule has 2 N–H and O–H groups in total. The number of ether oxygens (including phenoxy) is 1. The highest BCUT2D eigenvalue weighted by molar-refractivity contribution is 9.10. The Labute approximate surface area is 175 Å². The summed E-state index contributed by atoms with van der Waals surface area (Å²) in [6.07, 6.45) is 9.07. The minimum atomic E-state index is 0.0577. The van der Waals surface area contributed by atoms with Crippen molar-refractivity contribution in [2.75, 3.05) is 0 Å². The van der Waals surface area contributed by atoms with Crippen LogP contribution >= 0.6 is 15.9 Å². The average Bonchev–Trinajstić information content (AvgIpc) is 2.75. The molecule has 2 aromatic carbocycles. The van der Waals surface area contributed by atoms with Gasteiger partial charge >= 0.3 is 0 Å². The summed E-state index contributed by atoms with van der Waals surface area (Å²) in [5, 5.41) is 2.26. The van der Waals surface area contributed by atoms with Gasteiger partial charge in [0.25, 0.3) is 0 Å². The Balaban J connectivity index is 1.52. The average molecular weight is 439 g/mol. The van der Waals surface area contributed by atoms with Crippen molar-refractivity contribution in [3.8, 4) is 5.75 Å². The standard InChI is InChI=1S/C24H27BrN2O/c1-2-23(26)24(19-6-4-3-5-7-19)11-8-20(9-12-24)28-22-15-17-10-13-27-16-18(17)14-21(22)25/h3-7,10,13-16,20,23H,2,8-9,11-12,26H2,1H3/t20-,23-,24+/m0/s1. The lowest BCUT2D eigenvalue weighted by Gasteiger charge is -2.44. The topological polar surface area (TPSA) is 48.1 Å². The summed E-state index contributed by atoms with van der Waals surface area (Å²) < 4.78 is 7.41. The van der Waals surface area contributed by atoms with Gasteiger partial charge in [0.15, 0.2) is 0 Å². The Kier molecular flexibility index (Phi) is 5.70. The van der Waals surface area contributed by atoms with Gasteiger partial charge in [-0.25, -0.2) is 0 Å². The third kappa shape index (κ3) is 3.68. The fourth-order valence-corrected chi connectivity index (χ4v) is 5.07. The normalized spacial score (nSPS) is 23.5. The number of rotatable bonds is 5. The molecule has 1 aliphatic carbocycles. The molecule has 1 aliphatic rings. The molecule has 4 rings (SSSR count). The molecule has 28 heavy (non-hydrogen) atoms. The van der Waals surface area contributed by atoms with Crippen molar-refractivity contribution in [2.45, 2.75) is 56.6 Å². The second-order valence-corrected chi connectivity index (χ2v) is 8.71. The zero-order chi connectivity index (χ0) is 19.6. The molecule has 0 amide bonds. The van der Waals surface area contributed by atoms with Crippen LogP contribution in [0.2, 0.25) is 0 Å². The summed E-state index contributed by atoms with van der Waals surface area (Å²) in [7, 11) is 0. The minimum Gasteiger partial charge on any atom is -0.489 e. The number of nitrogens with zero attached hydrogens (tertiary/aromatic N) is 1. The Bertz CT molecular complexity index is 936. The summed E-state index contributed by atoms with van der Waals surface area (Å²) in [5.41, 5.74) is 8.08. The van der Waals surface area contributed by atoms with E-state index < -0.39 is 0 Å². The number of nitrogens with two attached hydrogens (primary N) is 1. The molecule has 1 atom stereocenters. The predicted octanol–water partition coefficient (Wildman–Crippen LogP) is 5.99. The second kappa shape index (κ2) is 8.22. The molecule has 0 unspecified atom stereocenters. The van der Waals surface area contributed by atoms with Crippen molar-refractivity contribution in [3.05, 3.63) is 71.0 Å². The summed E-state index contributed by atoms with van der Waals surface area (Å²) >= 11 is 3.67. The van der Waals surface area contributed by atoms with Crippen molar-refractivity contribution >= 4 is 26.7 Å². The Morgan fingerprint density at radius 2 is 1.89 bits per heavy atom. The molecule has 0 aliphatic heterocycles. The van der Waals surface area contributed by atoms with E-state index in [4.69, 9.17) is 10.5 Å². The van der Waals surface area contributed by atoms with Crippen molar-refractivity contribution in [1.82, 2.24) is 4.98 Å². The van der Waals surface area contributed by atoms with E-state index in [9.17, 15) is 0 Å². The van der Waals surface area contributed by atoms with Crippen LogP contribution in [0.4, 0.5) is 0 Å². The van der Waals surface area contributed by atoms with Gasteiger partial charge in [0.2, 0.25) is 0 Å². The van der Waals surface area contributed by atoms with E-state index in [1.54, 1.807) is 0 Å². The van der Waals surface area contributed by atoms with E-state index >= 15 is 0 Å². The van der Waals surface area contributed by atoms with Gasteiger partial charge in [0.05, 0.1) is 10.6 Å². The first-order valence-corrected chi connectivity index (χ1v) is 10.9. The van der Waals surface area contributed by atoms with Gasteiger partial charge in [-0.05, 0) is 77.2 Å². The number of benzene rings is 2. The maximum absolute atomic E-state index is 6.64. The molecular formula is C24H27BrN2O. The van der Waals surface area contributed by atoms with Crippen LogP contribution in [0.3, 0.4) is 0 Å². The fraction of sp³-hybridized carbons (Fsp3) is 0.375. The minimum absolute atomic E-state index is 0.0577. The van der Waals surface area contributed by atoms with Crippen LogP contribution in [0.15, 0.2) is 65.4 Å². The van der Waals surface area contributed by atoms with Crippen molar-refractivity contribution < 1.29 is 4.74 Å². The lowest BCUT2D eigenvalue weighted by Crippen LogP contribution is -2.48. The molecule has 1 fully saturated rings. The molecule has 146 valence electrons. The van der Waals surface area contributed by atoms with Gasteiger partial charge in [0, 0.05) is 29.2 Å². The largest absolute Gasteiger partial charge is 0.489 e. The third-order valence-electron chi connectivity index (χ3n) is 6.31. The first-order chi connectivity index (χ1) is 13.6. The van der Waals surface area contributed by atoms with Crippen molar-refractivity contribution in [1.29, 1.82) is 0 Å². The first-order valence-electron chi connectivity index (χ1n) is 10.1. The van der Waals surface area contributed by atoms with Gasteiger partial charge < -0.3 is 10.5 Å². The summed E-state index contributed by atoms with van der Waals surface area (Å²) in [5.74, 6) is 0.913. The van der Waals surface area contributed by atoms with E-state index in [0.29, 0.717) is 0 Å². The molecule has 1 heterocycles. The molecule has 3 nitrogen and oxygen atoms in total. The summed E-state index contributed by atoms with van der Waals surface area (Å²) in [6, 6.07) is 17.2. The number of aromatic nitrogens is 1. The molecule has 1 aromatic heterocycles. The lowest BCUT2D eigenvalue weighted by atomic mass is 9.64. The second-order valence-electron chi connectivity index (χ2n) is 7.86. The maximum Gasteiger partial charge on any atom is 0.134 e. The molecule has 1 saturated carbocycles. The van der Waals surface area contributed by atoms with E-state index in [-0.39, 0.29) is 17.6 Å². The third-order valence-corrected chi connectivity index (χ3v) is 6.93. The quantitative estimate of drug-likeness (QED) is 0.531. The molecule has 0 spiro atoms. The van der Waals surface area contributed by atoms with Crippen molar-refractivity contribution in [3.63, 3.8) is 0 Å². The van der Waals surface area contributed by atoms with E-state index in [2.05, 4.69) is 70.3 Å². The number of fused-ring (bicyclic) bond motifs is 1. The molecule has 0 radical (unpaired) electrons. The first kappa shape index (κ1) is 19.4. The summed E-state index contributed by atoms with van der Waals surface area (Å²) in [6.45, 7) is 2.19. The Morgan fingerprint density at radius 3 is 2.61 bits per heavy atom. The molecule has 0 bridgehead atoms.